The smallest absolute Gasteiger partial charge is 0.225 e. The average Bonchev–Trinajstić information content (AvgIpc) is 2.67. The number of nitrogens with one attached hydrogen (secondary N) is 1. The van der Waals surface area contributed by atoms with Gasteiger partial charge in [0.2, 0.25) is 11.9 Å². The Labute approximate surface area is 141 Å². The van der Waals surface area contributed by atoms with E-state index < -0.39 is 0 Å². The minimum atomic E-state index is -0.0341. The van der Waals surface area contributed by atoms with E-state index in [0.717, 1.165) is 30.7 Å². The van der Waals surface area contributed by atoms with Crippen LogP contribution >= 0.6 is 0 Å². The standard InChI is InChI=1S/C18H22N4O2/c1-24-16-7-2-5-14(11-16)12-21-17(23)15-6-3-10-22(13-15)18-19-8-4-9-20-18/h2,4-5,7-9,11,15H,3,6,10,12-13H2,1H3,(H,21,23)/t15-/m0/s1. The molecule has 1 amide bonds. The fourth-order valence-corrected chi connectivity index (χ4v) is 2.94. The van der Waals surface area contributed by atoms with Crippen LogP contribution in [0.4, 0.5) is 5.95 Å². The van der Waals surface area contributed by atoms with Gasteiger partial charge in [-0.2, -0.15) is 0 Å². The molecule has 1 aliphatic rings. The maximum Gasteiger partial charge on any atom is 0.225 e. The van der Waals surface area contributed by atoms with Gasteiger partial charge in [0.25, 0.3) is 0 Å². The number of nitrogens with zero attached hydrogens (tertiary/aromatic N) is 3. The van der Waals surface area contributed by atoms with Crippen LogP contribution in [-0.4, -0.2) is 36.1 Å². The highest BCUT2D eigenvalue weighted by Crippen LogP contribution is 2.20. The third-order valence-electron chi connectivity index (χ3n) is 4.23. The molecule has 0 spiro atoms. The second-order valence-corrected chi connectivity index (χ2v) is 5.90. The Balaban J connectivity index is 1.56. The van der Waals surface area contributed by atoms with E-state index in [1.807, 2.05) is 24.3 Å². The lowest BCUT2D eigenvalue weighted by Crippen LogP contribution is -2.43. The van der Waals surface area contributed by atoms with Crippen molar-refractivity contribution >= 4 is 11.9 Å². The first kappa shape index (κ1) is 16.2. The summed E-state index contributed by atoms with van der Waals surface area (Å²) in [5, 5.41) is 3.03. The lowest BCUT2D eigenvalue weighted by Gasteiger charge is -2.31. The van der Waals surface area contributed by atoms with Crippen molar-refractivity contribution < 1.29 is 9.53 Å². The summed E-state index contributed by atoms with van der Waals surface area (Å²) >= 11 is 0. The predicted octanol–water partition coefficient (Wildman–Crippen LogP) is 2.02. The van der Waals surface area contributed by atoms with E-state index in [4.69, 9.17) is 4.74 Å². The molecule has 1 fully saturated rings. The van der Waals surface area contributed by atoms with E-state index in [9.17, 15) is 4.79 Å². The minimum absolute atomic E-state index is 0.0341. The van der Waals surface area contributed by atoms with Gasteiger partial charge in [-0.1, -0.05) is 12.1 Å². The molecular formula is C18H22N4O2. The summed E-state index contributed by atoms with van der Waals surface area (Å²) in [5.41, 5.74) is 1.03. The zero-order chi connectivity index (χ0) is 16.8. The van der Waals surface area contributed by atoms with Gasteiger partial charge < -0.3 is 15.0 Å². The van der Waals surface area contributed by atoms with Gasteiger partial charge in [-0.15, -0.1) is 0 Å². The number of piperidine rings is 1. The molecule has 1 aromatic heterocycles. The van der Waals surface area contributed by atoms with Crippen molar-refractivity contribution in [2.24, 2.45) is 5.92 Å². The number of ether oxygens (including phenoxy) is 1. The molecule has 1 aromatic carbocycles. The molecule has 1 atom stereocenters. The number of anilines is 1. The van der Waals surface area contributed by atoms with Gasteiger partial charge in [0.15, 0.2) is 0 Å². The van der Waals surface area contributed by atoms with Crippen molar-refractivity contribution in [3.63, 3.8) is 0 Å². The van der Waals surface area contributed by atoms with Crippen LogP contribution in [0.15, 0.2) is 42.7 Å². The topological polar surface area (TPSA) is 67.3 Å². The van der Waals surface area contributed by atoms with Gasteiger partial charge in [-0.3, -0.25) is 4.79 Å². The van der Waals surface area contributed by atoms with Gasteiger partial charge in [0.1, 0.15) is 5.75 Å². The number of carbonyl (C=O) groups is 1. The number of amides is 1. The largest absolute Gasteiger partial charge is 0.497 e. The van der Waals surface area contributed by atoms with E-state index in [0.29, 0.717) is 19.0 Å². The van der Waals surface area contributed by atoms with Crippen LogP contribution in [0.25, 0.3) is 0 Å². The number of aromatic nitrogens is 2. The fourth-order valence-electron chi connectivity index (χ4n) is 2.94. The van der Waals surface area contributed by atoms with Crippen LogP contribution in [0.2, 0.25) is 0 Å². The number of rotatable bonds is 5. The number of carbonyl (C=O) groups excluding carboxylic acids is 1. The molecule has 6 nitrogen and oxygen atoms in total. The highest BCUT2D eigenvalue weighted by atomic mass is 16.5. The van der Waals surface area contributed by atoms with Gasteiger partial charge in [-0.05, 0) is 36.6 Å². The first-order valence-corrected chi connectivity index (χ1v) is 8.19. The molecule has 0 aliphatic carbocycles. The Morgan fingerprint density at radius 1 is 1.33 bits per heavy atom. The fraction of sp³-hybridized carbons (Fsp3) is 0.389. The summed E-state index contributed by atoms with van der Waals surface area (Å²) in [5.74, 6) is 1.54. The molecular weight excluding hydrogens is 304 g/mol. The van der Waals surface area contributed by atoms with E-state index in [-0.39, 0.29) is 11.8 Å². The molecule has 0 saturated carbocycles. The van der Waals surface area contributed by atoms with Gasteiger partial charge in [0, 0.05) is 32.0 Å². The molecule has 1 saturated heterocycles. The number of hydrogen-bond acceptors (Lipinski definition) is 5. The third kappa shape index (κ3) is 4.01. The summed E-state index contributed by atoms with van der Waals surface area (Å²) in [6.45, 7) is 2.06. The quantitative estimate of drug-likeness (QED) is 0.910. The first-order valence-electron chi connectivity index (χ1n) is 8.19. The lowest BCUT2D eigenvalue weighted by atomic mass is 9.97. The van der Waals surface area contributed by atoms with Crippen molar-refractivity contribution in [3.05, 3.63) is 48.3 Å². The maximum absolute atomic E-state index is 12.5. The molecule has 2 aromatic rings. The van der Waals surface area contributed by atoms with E-state index >= 15 is 0 Å². The molecule has 24 heavy (non-hydrogen) atoms. The summed E-state index contributed by atoms with van der Waals surface area (Å²) in [4.78, 5) is 23.1. The van der Waals surface area contributed by atoms with Crippen LogP contribution in [0, 0.1) is 5.92 Å². The normalized spacial score (nSPS) is 17.4. The van der Waals surface area contributed by atoms with Crippen LogP contribution in [0.5, 0.6) is 5.75 Å². The second kappa shape index (κ2) is 7.77. The van der Waals surface area contributed by atoms with Crippen molar-refractivity contribution in [3.8, 4) is 5.75 Å². The highest BCUT2D eigenvalue weighted by Gasteiger charge is 2.26. The first-order chi connectivity index (χ1) is 11.8. The van der Waals surface area contributed by atoms with Crippen molar-refractivity contribution in [1.82, 2.24) is 15.3 Å². The molecule has 2 heterocycles. The lowest BCUT2D eigenvalue weighted by molar-refractivity contribution is -0.125. The Hall–Kier alpha value is -2.63. The number of methoxy groups -OCH3 is 1. The summed E-state index contributed by atoms with van der Waals surface area (Å²) in [6.07, 6.45) is 5.33. The molecule has 6 heteroatoms. The highest BCUT2D eigenvalue weighted by molar-refractivity contribution is 5.79. The third-order valence-corrected chi connectivity index (χ3v) is 4.23. The van der Waals surface area contributed by atoms with Crippen LogP contribution in [-0.2, 0) is 11.3 Å². The van der Waals surface area contributed by atoms with Crippen molar-refractivity contribution in [2.45, 2.75) is 19.4 Å². The van der Waals surface area contributed by atoms with Gasteiger partial charge >= 0.3 is 0 Å². The molecule has 0 bridgehead atoms. The second-order valence-electron chi connectivity index (χ2n) is 5.90. The zero-order valence-corrected chi connectivity index (χ0v) is 13.8. The van der Waals surface area contributed by atoms with Crippen LogP contribution in [0.3, 0.4) is 0 Å². The van der Waals surface area contributed by atoms with E-state index in [2.05, 4.69) is 20.2 Å². The Morgan fingerprint density at radius 2 is 2.17 bits per heavy atom. The van der Waals surface area contributed by atoms with E-state index in [1.54, 1.807) is 25.6 Å². The average molecular weight is 326 g/mol. The number of hydrogen-bond donors (Lipinski definition) is 1. The summed E-state index contributed by atoms with van der Waals surface area (Å²) in [6, 6.07) is 9.53. The maximum atomic E-state index is 12.5. The Bertz CT molecular complexity index is 678. The van der Waals surface area contributed by atoms with Crippen molar-refractivity contribution in [1.29, 1.82) is 0 Å². The molecule has 0 radical (unpaired) electrons. The van der Waals surface area contributed by atoms with Gasteiger partial charge in [-0.25, -0.2) is 9.97 Å². The molecule has 0 unspecified atom stereocenters. The number of benzene rings is 1. The summed E-state index contributed by atoms with van der Waals surface area (Å²) in [7, 11) is 1.64. The van der Waals surface area contributed by atoms with Gasteiger partial charge in [0.05, 0.1) is 13.0 Å². The zero-order valence-electron chi connectivity index (χ0n) is 13.8. The molecule has 1 N–H and O–H groups in total. The molecule has 1 aliphatic heterocycles. The molecule has 3 rings (SSSR count). The predicted molar refractivity (Wildman–Crippen MR) is 91.8 cm³/mol. The Morgan fingerprint density at radius 3 is 2.96 bits per heavy atom. The molecule has 126 valence electrons. The Kier molecular flexibility index (Phi) is 5.25. The SMILES string of the molecule is COc1cccc(CNC(=O)[C@H]2CCCN(c3ncccn3)C2)c1. The summed E-state index contributed by atoms with van der Waals surface area (Å²) < 4.78 is 5.21. The van der Waals surface area contributed by atoms with Crippen LogP contribution in [0.1, 0.15) is 18.4 Å². The minimum Gasteiger partial charge on any atom is -0.497 e. The monoisotopic (exact) mass is 326 g/mol. The van der Waals surface area contributed by atoms with E-state index in [1.165, 1.54) is 0 Å². The van der Waals surface area contributed by atoms with Crippen molar-refractivity contribution in [2.75, 3.05) is 25.1 Å². The van der Waals surface area contributed by atoms with Crippen LogP contribution < -0.4 is 15.0 Å².